The molecule has 6 heteroatoms. The monoisotopic (exact) mass is 409 g/mol. The normalized spacial score (nSPS) is 12.4. The Kier molecular flexibility index (Phi) is 4.55. The van der Waals surface area contributed by atoms with Crippen molar-refractivity contribution < 1.29 is 0 Å². The predicted molar refractivity (Wildman–Crippen MR) is 125 cm³/mol. The van der Waals surface area contributed by atoms with Gasteiger partial charge in [0.2, 0.25) is 0 Å². The molecule has 0 fully saturated rings. The van der Waals surface area contributed by atoms with Crippen molar-refractivity contribution in [2.45, 2.75) is 26.8 Å². The van der Waals surface area contributed by atoms with E-state index in [1.54, 1.807) is 10.9 Å². The Morgan fingerprint density at radius 1 is 0.968 bits per heavy atom. The Labute approximate surface area is 179 Å². The number of aryl methyl sites for hydroxylation is 2. The minimum atomic E-state index is -0.176. The van der Waals surface area contributed by atoms with Crippen LogP contribution in [0.4, 0.5) is 5.82 Å². The molecule has 5 aromatic rings. The third kappa shape index (κ3) is 3.17. The van der Waals surface area contributed by atoms with E-state index < -0.39 is 0 Å². The molecular weight excluding hydrogens is 386 g/mol. The summed E-state index contributed by atoms with van der Waals surface area (Å²) >= 11 is 0. The van der Waals surface area contributed by atoms with Crippen molar-refractivity contribution in [1.29, 1.82) is 0 Å². The van der Waals surface area contributed by atoms with Gasteiger partial charge in [-0.15, -0.1) is 0 Å². The number of anilines is 1. The summed E-state index contributed by atoms with van der Waals surface area (Å²) in [4.78, 5) is 25.6. The maximum atomic E-state index is 13.7. The van der Waals surface area contributed by atoms with Crippen molar-refractivity contribution >= 4 is 27.6 Å². The second-order valence-electron chi connectivity index (χ2n) is 7.87. The first-order valence-corrected chi connectivity index (χ1v) is 10.3. The van der Waals surface area contributed by atoms with Crippen molar-refractivity contribution in [2.24, 2.45) is 0 Å². The summed E-state index contributed by atoms with van der Waals surface area (Å²) in [6.07, 6.45) is 3.47. The van der Waals surface area contributed by atoms with Crippen LogP contribution >= 0.6 is 0 Å². The van der Waals surface area contributed by atoms with Crippen molar-refractivity contribution in [3.63, 3.8) is 0 Å². The summed E-state index contributed by atoms with van der Waals surface area (Å²) in [5.74, 6) is 0.743. The van der Waals surface area contributed by atoms with Crippen LogP contribution in [0.15, 0.2) is 71.9 Å². The minimum absolute atomic E-state index is 0.0175. The topological polar surface area (TPSA) is 75.6 Å². The molecule has 6 nitrogen and oxygen atoms in total. The van der Waals surface area contributed by atoms with Crippen LogP contribution in [-0.2, 0) is 0 Å². The molecule has 0 saturated heterocycles. The highest BCUT2D eigenvalue weighted by Gasteiger charge is 2.19. The van der Waals surface area contributed by atoms with Gasteiger partial charge in [-0.1, -0.05) is 36.4 Å². The number of H-pyrrole nitrogens is 1. The standard InChI is InChI=1S/C25H23N5O/c1-15-8-7-9-18-12-20(30(25(31)21(15)18)19-10-5-4-6-11-19)17(3)29-24-22-16(2)13-26-23(22)27-14-28-24/h4-14,17H,1-3H3,(H2,26,27,28,29)/t17-/m0/s1. The fourth-order valence-electron chi connectivity index (χ4n) is 4.22. The molecule has 5 rings (SSSR count). The van der Waals surface area contributed by atoms with Crippen LogP contribution in [-0.4, -0.2) is 19.5 Å². The zero-order valence-electron chi connectivity index (χ0n) is 17.7. The van der Waals surface area contributed by atoms with Gasteiger partial charge in [0.25, 0.3) is 5.56 Å². The van der Waals surface area contributed by atoms with Gasteiger partial charge >= 0.3 is 0 Å². The van der Waals surface area contributed by atoms with Gasteiger partial charge < -0.3 is 10.3 Å². The van der Waals surface area contributed by atoms with E-state index in [0.29, 0.717) is 0 Å². The van der Waals surface area contributed by atoms with Gasteiger partial charge in [0, 0.05) is 17.6 Å². The zero-order valence-corrected chi connectivity index (χ0v) is 17.7. The van der Waals surface area contributed by atoms with Crippen molar-refractivity contribution in [2.75, 3.05) is 5.32 Å². The second-order valence-corrected chi connectivity index (χ2v) is 7.87. The van der Waals surface area contributed by atoms with E-state index in [9.17, 15) is 4.79 Å². The highest BCUT2D eigenvalue weighted by atomic mass is 16.1. The van der Waals surface area contributed by atoms with Crippen LogP contribution in [0.25, 0.3) is 27.5 Å². The molecular formula is C25H23N5O. The van der Waals surface area contributed by atoms with Gasteiger partial charge in [-0.3, -0.25) is 9.36 Å². The number of rotatable bonds is 4. The number of hydrogen-bond acceptors (Lipinski definition) is 4. The number of nitrogens with zero attached hydrogens (tertiary/aromatic N) is 3. The van der Waals surface area contributed by atoms with Crippen LogP contribution < -0.4 is 10.9 Å². The second kappa shape index (κ2) is 7.40. The minimum Gasteiger partial charge on any atom is -0.361 e. The summed E-state index contributed by atoms with van der Waals surface area (Å²) in [5, 5.41) is 6.15. The lowest BCUT2D eigenvalue weighted by Crippen LogP contribution is -2.26. The number of pyridine rings is 1. The summed E-state index contributed by atoms with van der Waals surface area (Å²) in [6, 6.07) is 17.6. The van der Waals surface area contributed by atoms with Gasteiger partial charge in [-0.05, 0) is 55.5 Å². The lowest BCUT2D eigenvalue weighted by atomic mass is 10.0. The Hall–Kier alpha value is -3.93. The van der Waals surface area contributed by atoms with Crippen molar-refractivity contribution in [1.82, 2.24) is 19.5 Å². The first-order chi connectivity index (χ1) is 15.0. The lowest BCUT2D eigenvalue weighted by Gasteiger charge is -2.22. The summed E-state index contributed by atoms with van der Waals surface area (Å²) < 4.78 is 1.80. The lowest BCUT2D eigenvalue weighted by molar-refractivity contribution is 0.774. The highest BCUT2D eigenvalue weighted by Crippen LogP contribution is 2.28. The molecule has 0 spiro atoms. The average molecular weight is 409 g/mol. The molecule has 0 aliphatic heterocycles. The quantitative estimate of drug-likeness (QED) is 0.435. The zero-order chi connectivity index (χ0) is 21.5. The van der Waals surface area contributed by atoms with E-state index in [0.717, 1.165) is 50.1 Å². The van der Waals surface area contributed by atoms with Crippen LogP contribution in [0.3, 0.4) is 0 Å². The van der Waals surface area contributed by atoms with Gasteiger partial charge in [0.05, 0.1) is 16.8 Å². The molecule has 154 valence electrons. The first kappa shape index (κ1) is 19.1. The van der Waals surface area contributed by atoms with Crippen molar-refractivity contribution in [3.05, 3.63) is 94.3 Å². The van der Waals surface area contributed by atoms with Crippen LogP contribution in [0.5, 0.6) is 0 Å². The molecule has 3 heterocycles. The van der Waals surface area contributed by atoms with Crippen LogP contribution in [0.2, 0.25) is 0 Å². The largest absolute Gasteiger partial charge is 0.361 e. The van der Waals surface area contributed by atoms with Crippen LogP contribution in [0.1, 0.15) is 29.8 Å². The molecule has 0 amide bonds. The fourth-order valence-corrected chi connectivity index (χ4v) is 4.22. The molecule has 2 N–H and O–H groups in total. The Morgan fingerprint density at radius 3 is 2.58 bits per heavy atom. The number of benzene rings is 2. The SMILES string of the molecule is Cc1c[nH]c2ncnc(N[C@@H](C)c3cc4cccc(C)c4c(=O)n3-c3ccccc3)c12. The number of hydrogen-bond donors (Lipinski definition) is 2. The highest BCUT2D eigenvalue weighted by molar-refractivity contribution is 5.90. The molecule has 0 radical (unpaired) electrons. The first-order valence-electron chi connectivity index (χ1n) is 10.3. The number of nitrogens with one attached hydrogen (secondary N) is 2. The molecule has 3 aromatic heterocycles. The Balaban J connectivity index is 1.71. The van der Waals surface area contributed by atoms with E-state index in [2.05, 4.69) is 26.3 Å². The third-order valence-corrected chi connectivity index (χ3v) is 5.76. The van der Waals surface area contributed by atoms with E-state index in [1.807, 2.05) is 75.5 Å². The van der Waals surface area contributed by atoms with Gasteiger partial charge in [-0.25, -0.2) is 9.97 Å². The molecule has 0 aliphatic carbocycles. The number of fused-ring (bicyclic) bond motifs is 2. The molecule has 0 bridgehead atoms. The van der Waals surface area contributed by atoms with Gasteiger partial charge in [-0.2, -0.15) is 0 Å². The summed E-state index contributed by atoms with van der Waals surface area (Å²) in [5.41, 5.74) is 4.52. The number of aromatic amines is 1. The van der Waals surface area contributed by atoms with Crippen molar-refractivity contribution in [3.8, 4) is 5.69 Å². The van der Waals surface area contributed by atoms with Gasteiger partial charge in [0.15, 0.2) is 0 Å². The Bertz CT molecular complexity index is 1470. The molecule has 2 aromatic carbocycles. The Morgan fingerprint density at radius 2 is 1.77 bits per heavy atom. The number of aromatic nitrogens is 4. The molecule has 31 heavy (non-hydrogen) atoms. The predicted octanol–water partition coefficient (Wildman–Crippen LogP) is 5.05. The molecule has 1 atom stereocenters. The van der Waals surface area contributed by atoms with Crippen LogP contribution in [0, 0.1) is 13.8 Å². The smallest absolute Gasteiger partial charge is 0.263 e. The van der Waals surface area contributed by atoms with Gasteiger partial charge in [0.1, 0.15) is 17.8 Å². The van der Waals surface area contributed by atoms with E-state index >= 15 is 0 Å². The van der Waals surface area contributed by atoms with E-state index in [-0.39, 0.29) is 11.6 Å². The average Bonchev–Trinajstić information content (AvgIpc) is 3.16. The summed E-state index contributed by atoms with van der Waals surface area (Å²) in [7, 11) is 0. The molecule has 0 unspecified atom stereocenters. The maximum Gasteiger partial charge on any atom is 0.263 e. The summed E-state index contributed by atoms with van der Waals surface area (Å²) in [6.45, 7) is 6.05. The van der Waals surface area contributed by atoms with E-state index in [1.165, 1.54) is 0 Å². The van der Waals surface area contributed by atoms with E-state index in [4.69, 9.17) is 0 Å². The maximum absolute atomic E-state index is 13.7. The fraction of sp³-hybridized carbons (Fsp3) is 0.160. The third-order valence-electron chi connectivity index (χ3n) is 5.76. The molecule has 0 saturated carbocycles. The number of para-hydroxylation sites is 1. The molecule has 0 aliphatic rings.